The topological polar surface area (TPSA) is 74.7 Å². The molecule has 7 heteroatoms. The van der Waals surface area contributed by atoms with E-state index in [1.165, 1.54) is 18.7 Å². The molecule has 0 amide bonds. The van der Waals surface area contributed by atoms with E-state index in [4.69, 9.17) is 9.72 Å². The molecule has 0 fully saturated rings. The number of aliphatic carboxylic acids is 1. The third-order valence-electron chi connectivity index (χ3n) is 6.21. The largest absolute Gasteiger partial charge is 0.494 e. The van der Waals surface area contributed by atoms with Gasteiger partial charge in [-0.1, -0.05) is 25.5 Å². The lowest BCUT2D eigenvalue weighted by molar-refractivity contribution is -0.138. The van der Waals surface area contributed by atoms with E-state index in [9.17, 15) is 14.3 Å². The zero-order valence-corrected chi connectivity index (χ0v) is 19.8. The number of aromatic nitrogens is 1. The zero-order valence-electron chi connectivity index (χ0n) is 19.8. The second-order valence-electron chi connectivity index (χ2n) is 8.69. The Kier molecular flexibility index (Phi) is 9.48. The fourth-order valence-electron chi connectivity index (χ4n) is 4.53. The summed E-state index contributed by atoms with van der Waals surface area (Å²) >= 11 is 0. The summed E-state index contributed by atoms with van der Waals surface area (Å²) in [5, 5.41) is 12.9. The van der Waals surface area contributed by atoms with E-state index >= 15 is 0 Å². The van der Waals surface area contributed by atoms with E-state index in [1.54, 1.807) is 12.1 Å². The van der Waals surface area contributed by atoms with E-state index in [2.05, 4.69) is 29.3 Å². The number of anilines is 1. The van der Waals surface area contributed by atoms with Crippen LogP contribution >= 0.6 is 0 Å². The molecule has 0 aliphatic carbocycles. The first kappa shape index (κ1) is 25.0. The first-order valence-electron chi connectivity index (χ1n) is 12.0. The van der Waals surface area contributed by atoms with Crippen LogP contribution in [0.3, 0.4) is 0 Å². The van der Waals surface area contributed by atoms with E-state index in [0.29, 0.717) is 5.56 Å². The van der Waals surface area contributed by atoms with Crippen LogP contribution in [0.2, 0.25) is 0 Å². The van der Waals surface area contributed by atoms with Gasteiger partial charge in [-0.3, -0.25) is 9.69 Å². The SMILES string of the molecule is CCCN(CCCCCc1ccc2c(n1)NCCC2)[C@@H](CC(=O)O)c1ccc(OC)c(F)c1. The van der Waals surface area contributed by atoms with Crippen LogP contribution in [0.1, 0.15) is 68.3 Å². The number of unbranched alkanes of at least 4 members (excludes halogenated alkanes) is 2. The number of methoxy groups -OCH3 is 1. The third-order valence-corrected chi connectivity index (χ3v) is 6.21. The monoisotopic (exact) mass is 457 g/mol. The Balaban J connectivity index is 1.57. The van der Waals surface area contributed by atoms with Crippen molar-refractivity contribution in [2.45, 2.75) is 64.3 Å². The van der Waals surface area contributed by atoms with Crippen molar-refractivity contribution < 1.29 is 19.0 Å². The molecular formula is C26H36FN3O3. The van der Waals surface area contributed by atoms with Gasteiger partial charge in [-0.25, -0.2) is 9.37 Å². The predicted molar refractivity (Wildman–Crippen MR) is 128 cm³/mol. The highest BCUT2D eigenvalue weighted by Crippen LogP contribution is 2.29. The van der Waals surface area contributed by atoms with Crippen LogP contribution in [0.25, 0.3) is 0 Å². The summed E-state index contributed by atoms with van der Waals surface area (Å²) in [6, 6.07) is 8.72. The highest BCUT2D eigenvalue weighted by atomic mass is 19.1. The summed E-state index contributed by atoms with van der Waals surface area (Å²) in [5.74, 6) is -0.143. The molecule has 180 valence electrons. The van der Waals surface area contributed by atoms with E-state index < -0.39 is 11.8 Å². The van der Waals surface area contributed by atoms with Crippen LogP contribution < -0.4 is 10.1 Å². The lowest BCUT2D eigenvalue weighted by atomic mass is 10.00. The molecule has 1 aromatic heterocycles. The van der Waals surface area contributed by atoms with Gasteiger partial charge in [-0.15, -0.1) is 0 Å². The quantitative estimate of drug-likeness (QED) is 0.401. The third kappa shape index (κ3) is 7.16. The number of carboxylic acids is 1. The van der Waals surface area contributed by atoms with Crippen molar-refractivity contribution in [3.05, 3.63) is 53.0 Å². The van der Waals surface area contributed by atoms with Crippen molar-refractivity contribution in [3.8, 4) is 5.75 Å². The number of aryl methyl sites for hydroxylation is 2. The second kappa shape index (κ2) is 12.5. The van der Waals surface area contributed by atoms with Gasteiger partial charge in [0, 0.05) is 18.3 Å². The number of benzene rings is 1. The van der Waals surface area contributed by atoms with Gasteiger partial charge in [0.05, 0.1) is 13.5 Å². The van der Waals surface area contributed by atoms with Crippen LogP contribution in [0.4, 0.5) is 10.2 Å². The second-order valence-corrected chi connectivity index (χ2v) is 8.69. The summed E-state index contributed by atoms with van der Waals surface area (Å²) in [6.45, 7) is 4.61. The van der Waals surface area contributed by atoms with Crippen LogP contribution in [0.15, 0.2) is 30.3 Å². The highest BCUT2D eigenvalue weighted by molar-refractivity contribution is 5.68. The molecule has 1 atom stereocenters. The Morgan fingerprint density at radius 3 is 2.82 bits per heavy atom. The molecule has 2 heterocycles. The van der Waals surface area contributed by atoms with Gasteiger partial charge in [-0.2, -0.15) is 0 Å². The molecule has 0 saturated carbocycles. The van der Waals surface area contributed by atoms with E-state index in [0.717, 1.165) is 76.1 Å². The number of nitrogens with zero attached hydrogens (tertiary/aromatic N) is 2. The Morgan fingerprint density at radius 2 is 2.09 bits per heavy atom. The molecule has 2 aromatic rings. The van der Waals surface area contributed by atoms with Crippen molar-refractivity contribution in [3.63, 3.8) is 0 Å². The summed E-state index contributed by atoms with van der Waals surface area (Å²) < 4.78 is 19.3. The number of fused-ring (bicyclic) bond motifs is 1. The maximum absolute atomic E-state index is 14.3. The normalized spacial score (nSPS) is 13.9. The molecular weight excluding hydrogens is 421 g/mol. The Morgan fingerprint density at radius 1 is 1.24 bits per heavy atom. The van der Waals surface area contributed by atoms with Crippen molar-refractivity contribution in [1.82, 2.24) is 9.88 Å². The lowest BCUT2D eigenvalue weighted by Gasteiger charge is -2.31. The van der Waals surface area contributed by atoms with Crippen molar-refractivity contribution in [2.75, 3.05) is 32.1 Å². The van der Waals surface area contributed by atoms with Crippen LogP contribution in [-0.2, 0) is 17.6 Å². The molecule has 1 aromatic carbocycles. The van der Waals surface area contributed by atoms with Crippen molar-refractivity contribution >= 4 is 11.8 Å². The zero-order chi connectivity index (χ0) is 23.6. The first-order chi connectivity index (χ1) is 16.0. The number of pyridine rings is 1. The average Bonchev–Trinajstić information content (AvgIpc) is 2.81. The minimum Gasteiger partial charge on any atom is -0.494 e. The standard InChI is InChI=1S/C26H36FN3O3/c1-3-15-30(23(18-25(31)32)20-11-13-24(33-2)22(27)17-20)16-6-4-5-9-21-12-10-19-8-7-14-28-26(19)29-21/h10-13,17,23H,3-9,14-16,18H2,1-2H3,(H,28,29)(H,31,32)/t23-/m0/s1. The molecule has 2 N–H and O–H groups in total. The fourth-order valence-corrected chi connectivity index (χ4v) is 4.53. The molecule has 6 nitrogen and oxygen atoms in total. The minimum atomic E-state index is -0.885. The highest BCUT2D eigenvalue weighted by Gasteiger charge is 2.23. The minimum absolute atomic E-state index is 0.0577. The maximum atomic E-state index is 14.3. The number of carbonyl (C=O) groups is 1. The van der Waals surface area contributed by atoms with Gasteiger partial charge in [0.15, 0.2) is 11.6 Å². The molecule has 1 aliphatic heterocycles. The number of hydrogen-bond donors (Lipinski definition) is 2. The van der Waals surface area contributed by atoms with Gasteiger partial charge in [0.1, 0.15) is 5.82 Å². The summed E-state index contributed by atoms with van der Waals surface area (Å²) in [4.78, 5) is 18.5. The Labute approximate surface area is 196 Å². The first-order valence-corrected chi connectivity index (χ1v) is 12.0. The van der Waals surface area contributed by atoms with Crippen LogP contribution in [-0.4, -0.2) is 47.7 Å². The van der Waals surface area contributed by atoms with Gasteiger partial charge >= 0.3 is 5.97 Å². The van der Waals surface area contributed by atoms with Crippen molar-refractivity contribution in [1.29, 1.82) is 0 Å². The molecule has 33 heavy (non-hydrogen) atoms. The van der Waals surface area contributed by atoms with Gasteiger partial charge in [0.2, 0.25) is 0 Å². The molecule has 1 aliphatic rings. The maximum Gasteiger partial charge on any atom is 0.305 e. The average molecular weight is 458 g/mol. The predicted octanol–water partition coefficient (Wildman–Crippen LogP) is 5.23. The summed E-state index contributed by atoms with van der Waals surface area (Å²) in [7, 11) is 1.42. The number of hydrogen-bond acceptors (Lipinski definition) is 5. The lowest BCUT2D eigenvalue weighted by Crippen LogP contribution is -2.32. The number of rotatable bonds is 13. The van der Waals surface area contributed by atoms with Crippen LogP contribution in [0.5, 0.6) is 5.75 Å². The van der Waals surface area contributed by atoms with Gasteiger partial charge in [-0.05, 0) is 80.9 Å². The van der Waals surface area contributed by atoms with E-state index in [1.807, 2.05) is 0 Å². The molecule has 0 spiro atoms. The van der Waals surface area contributed by atoms with Crippen molar-refractivity contribution in [2.24, 2.45) is 0 Å². The van der Waals surface area contributed by atoms with E-state index in [-0.39, 0.29) is 18.2 Å². The smallest absolute Gasteiger partial charge is 0.305 e. The molecule has 0 saturated heterocycles. The molecule has 0 unspecified atom stereocenters. The van der Waals surface area contributed by atoms with Gasteiger partial charge < -0.3 is 15.2 Å². The molecule has 0 bridgehead atoms. The number of carboxylic acid groups (broad SMARTS) is 1. The molecule has 3 rings (SSSR count). The van der Waals surface area contributed by atoms with Crippen LogP contribution in [0, 0.1) is 5.82 Å². The summed E-state index contributed by atoms with van der Waals surface area (Å²) in [6.07, 6.45) is 7.06. The Bertz CT molecular complexity index is 922. The number of nitrogens with one attached hydrogen (secondary N) is 1. The summed E-state index contributed by atoms with van der Waals surface area (Å²) in [5.41, 5.74) is 3.10. The molecule has 0 radical (unpaired) electrons. The van der Waals surface area contributed by atoms with Gasteiger partial charge in [0.25, 0.3) is 0 Å². The Hall–Kier alpha value is -2.67. The fraction of sp³-hybridized carbons (Fsp3) is 0.538. The number of ether oxygens (including phenoxy) is 1. The number of halogens is 1.